The van der Waals surface area contributed by atoms with Gasteiger partial charge in [-0.1, -0.05) is 6.07 Å². The Morgan fingerprint density at radius 1 is 1.07 bits per heavy atom. The SMILES string of the molecule is COc1cc(CCC(=O)Nc2cccc(S(=O)(=O)N3CCOCC3)c2)cc(OC)c1. The van der Waals surface area contributed by atoms with Crippen LogP contribution >= 0.6 is 0 Å². The maximum Gasteiger partial charge on any atom is 0.243 e. The number of methoxy groups -OCH3 is 2. The third-order valence-corrected chi connectivity index (χ3v) is 6.67. The molecule has 0 atom stereocenters. The van der Waals surface area contributed by atoms with E-state index in [0.717, 1.165) is 5.56 Å². The molecule has 0 bridgehead atoms. The van der Waals surface area contributed by atoms with Gasteiger partial charge in [-0.25, -0.2) is 8.42 Å². The molecule has 2 aromatic carbocycles. The second-order valence-corrected chi connectivity index (χ2v) is 8.75. The number of morpholine rings is 1. The van der Waals surface area contributed by atoms with E-state index in [9.17, 15) is 13.2 Å². The number of sulfonamides is 1. The number of ether oxygens (including phenoxy) is 3. The number of nitrogens with one attached hydrogen (secondary N) is 1. The van der Waals surface area contributed by atoms with Gasteiger partial charge in [-0.05, 0) is 42.3 Å². The lowest BCUT2D eigenvalue weighted by Crippen LogP contribution is -2.40. The fourth-order valence-corrected chi connectivity index (χ4v) is 4.62. The predicted molar refractivity (Wildman–Crippen MR) is 113 cm³/mol. The number of nitrogens with zero attached hydrogens (tertiary/aromatic N) is 1. The first kappa shape index (κ1) is 22.1. The quantitative estimate of drug-likeness (QED) is 0.685. The highest BCUT2D eigenvalue weighted by Crippen LogP contribution is 2.24. The number of amides is 1. The van der Waals surface area contributed by atoms with Crippen LogP contribution in [0, 0.1) is 0 Å². The van der Waals surface area contributed by atoms with Crippen LogP contribution in [0.1, 0.15) is 12.0 Å². The summed E-state index contributed by atoms with van der Waals surface area (Å²) in [6, 6.07) is 11.8. The lowest BCUT2D eigenvalue weighted by atomic mass is 10.1. The van der Waals surface area contributed by atoms with Crippen molar-refractivity contribution in [2.45, 2.75) is 17.7 Å². The Bertz CT molecular complexity index is 964. The van der Waals surface area contributed by atoms with E-state index in [1.165, 1.54) is 16.4 Å². The topological polar surface area (TPSA) is 94.2 Å². The van der Waals surface area contributed by atoms with Gasteiger partial charge in [-0.3, -0.25) is 4.79 Å². The van der Waals surface area contributed by atoms with E-state index in [4.69, 9.17) is 14.2 Å². The van der Waals surface area contributed by atoms with Crippen LogP contribution in [0.2, 0.25) is 0 Å². The molecular weight excluding hydrogens is 408 g/mol. The molecule has 0 radical (unpaired) electrons. The summed E-state index contributed by atoms with van der Waals surface area (Å²) >= 11 is 0. The molecular formula is C21H26N2O6S. The van der Waals surface area contributed by atoms with Crippen LogP contribution in [0.4, 0.5) is 5.69 Å². The molecule has 162 valence electrons. The highest BCUT2D eigenvalue weighted by atomic mass is 32.2. The van der Waals surface area contributed by atoms with Gasteiger partial charge in [0, 0.05) is 31.3 Å². The minimum absolute atomic E-state index is 0.153. The van der Waals surface area contributed by atoms with Crippen LogP contribution < -0.4 is 14.8 Å². The van der Waals surface area contributed by atoms with Crippen LogP contribution in [0.3, 0.4) is 0 Å². The van der Waals surface area contributed by atoms with Gasteiger partial charge in [0.05, 0.1) is 32.3 Å². The molecule has 1 heterocycles. The third kappa shape index (κ3) is 5.50. The summed E-state index contributed by atoms with van der Waals surface area (Å²) < 4.78 is 42.7. The van der Waals surface area contributed by atoms with Crippen LogP contribution in [-0.4, -0.2) is 59.2 Å². The number of anilines is 1. The molecule has 0 unspecified atom stereocenters. The zero-order valence-electron chi connectivity index (χ0n) is 17.1. The summed E-state index contributed by atoms with van der Waals surface area (Å²) in [7, 11) is -0.471. The summed E-state index contributed by atoms with van der Waals surface area (Å²) in [5.41, 5.74) is 1.35. The van der Waals surface area contributed by atoms with Crippen LogP contribution in [-0.2, 0) is 26.0 Å². The van der Waals surface area contributed by atoms with Gasteiger partial charge < -0.3 is 19.5 Å². The van der Waals surface area contributed by atoms with Crippen molar-refractivity contribution in [1.29, 1.82) is 0 Å². The summed E-state index contributed by atoms with van der Waals surface area (Å²) in [4.78, 5) is 12.6. The Morgan fingerprint density at radius 2 is 1.73 bits per heavy atom. The first-order chi connectivity index (χ1) is 14.4. The van der Waals surface area contributed by atoms with Gasteiger partial charge in [0.1, 0.15) is 11.5 Å². The van der Waals surface area contributed by atoms with Gasteiger partial charge in [0.2, 0.25) is 15.9 Å². The van der Waals surface area contributed by atoms with Crippen molar-refractivity contribution < 1.29 is 27.4 Å². The molecule has 0 aromatic heterocycles. The number of benzene rings is 2. The van der Waals surface area contributed by atoms with E-state index in [2.05, 4.69) is 5.32 Å². The molecule has 1 saturated heterocycles. The van der Waals surface area contributed by atoms with E-state index in [1.807, 2.05) is 12.1 Å². The number of carbonyl (C=O) groups is 1. The molecule has 0 aliphatic carbocycles. The summed E-state index contributed by atoms with van der Waals surface area (Å²) in [6.07, 6.45) is 0.724. The Morgan fingerprint density at radius 3 is 2.37 bits per heavy atom. The van der Waals surface area contributed by atoms with Crippen molar-refractivity contribution >= 4 is 21.6 Å². The van der Waals surface area contributed by atoms with Crippen molar-refractivity contribution in [3.8, 4) is 11.5 Å². The monoisotopic (exact) mass is 434 g/mol. The van der Waals surface area contributed by atoms with E-state index < -0.39 is 10.0 Å². The standard InChI is InChI=1S/C21H26N2O6S/c1-27-18-12-16(13-19(15-18)28-2)6-7-21(24)22-17-4-3-5-20(14-17)30(25,26)23-8-10-29-11-9-23/h3-5,12-15H,6-11H2,1-2H3,(H,22,24). The minimum Gasteiger partial charge on any atom is -0.497 e. The van der Waals surface area contributed by atoms with Crippen molar-refractivity contribution in [2.75, 3.05) is 45.8 Å². The molecule has 0 spiro atoms. The molecule has 1 aliphatic heterocycles. The predicted octanol–water partition coefficient (Wildman–Crippen LogP) is 2.30. The number of aryl methyl sites for hydroxylation is 1. The Labute approximate surface area is 176 Å². The van der Waals surface area contributed by atoms with Crippen LogP contribution in [0.15, 0.2) is 47.4 Å². The third-order valence-electron chi connectivity index (χ3n) is 4.78. The van der Waals surface area contributed by atoms with Crippen molar-refractivity contribution in [3.63, 3.8) is 0 Å². The van der Waals surface area contributed by atoms with E-state index in [-0.39, 0.29) is 17.2 Å². The number of hydrogen-bond donors (Lipinski definition) is 1. The highest BCUT2D eigenvalue weighted by Gasteiger charge is 2.26. The minimum atomic E-state index is -3.62. The molecule has 0 saturated carbocycles. The van der Waals surface area contributed by atoms with Gasteiger partial charge in [-0.15, -0.1) is 0 Å². The normalized spacial score (nSPS) is 14.9. The second kappa shape index (κ2) is 9.92. The zero-order valence-corrected chi connectivity index (χ0v) is 17.9. The van der Waals surface area contributed by atoms with Gasteiger partial charge >= 0.3 is 0 Å². The van der Waals surface area contributed by atoms with Crippen LogP contribution in [0.25, 0.3) is 0 Å². The molecule has 1 aliphatic rings. The summed E-state index contributed by atoms with van der Waals surface area (Å²) in [5.74, 6) is 1.11. The molecule has 3 rings (SSSR count). The van der Waals surface area contributed by atoms with Crippen LogP contribution in [0.5, 0.6) is 11.5 Å². The number of rotatable bonds is 8. The van der Waals surface area contributed by atoms with E-state index in [0.29, 0.717) is 49.9 Å². The van der Waals surface area contributed by atoms with E-state index in [1.54, 1.807) is 32.4 Å². The average Bonchev–Trinajstić information content (AvgIpc) is 2.78. The molecule has 30 heavy (non-hydrogen) atoms. The maximum atomic E-state index is 12.8. The lowest BCUT2D eigenvalue weighted by Gasteiger charge is -2.26. The molecule has 8 nitrogen and oxygen atoms in total. The fraction of sp³-hybridized carbons (Fsp3) is 0.381. The Hall–Kier alpha value is -2.62. The highest BCUT2D eigenvalue weighted by molar-refractivity contribution is 7.89. The second-order valence-electron chi connectivity index (χ2n) is 6.81. The smallest absolute Gasteiger partial charge is 0.243 e. The number of carbonyl (C=O) groups excluding carboxylic acids is 1. The molecule has 1 amide bonds. The van der Waals surface area contributed by atoms with Gasteiger partial charge in [-0.2, -0.15) is 4.31 Å². The molecule has 1 fully saturated rings. The Kier molecular flexibility index (Phi) is 7.30. The van der Waals surface area contributed by atoms with Gasteiger partial charge in [0.25, 0.3) is 0 Å². The summed E-state index contributed by atoms with van der Waals surface area (Å²) in [6.45, 7) is 1.40. The maximum absolute atomic E-state index is 12.8. The zero-order chi connectivity index (χ0) is 21.6. The average molecular weight is 435 g/mol. The first-order valence-electron chi connectivity index (χ1n) is 9.62. The first-order valence-corrected chi connectivity index (χ1v) is 11.1. The Balaban J connectivity index is 1.64. The molecule has 2 aromatic rings. The fourth-order valence-electron chi connectivity index (χ4n) is 3.16. The van der Waals surface area contributed by atoms with Crippen molar-refractivity contribution in [1.82, 2.24) is 4.31 Å². The van der Waals surface area contributed by atoms with Gasteiger partial charge in [0.15, 0.2) is 0 Å². The van der Waals surface area contributed by atoms with E-state index >= 15 is 0 Å². The summed E-state index contributed by atoms with van der Waals surface area (Å²) in [5, 5.41) is 2.78. The largest absolute Gasteiger partial charge is 0.497 e. The molecule has 1 N–H and O–H groups in total. The number of hydrogen-bond acceptors (Lipinski definition) is 6. The van der Waals surface area contributed by atoms with Crippen molar-refractivity contribution in [2.24, 2.45) is 0 Å². The molecule has 9 heteroatoms. The lowest BCUT2D eigenvalue weighted by molar-refractivity contribution is -0.116. The van der Waals surface area contributed by atoms with Crippen molar-refractivity contribution in [3.05, 3.63) is 48.0 Å².